The number of Topliss-reactive ketones (excluding diaryl/α,β-unsaturated/α-hetero) is 1. The molecule has 0 fully saturated rings. The maximum Gasteiger partial charge on any atom is 0.200 e. The zero-order chi connectivity index (χ0) is 29.1. The molecule has 0 amide bonds. The lowest BCUT2D eigenvalue weighted by Crippen LogP contribution is -2.46. The zero-order valence-electron chi connectivity index (χ0n) is 23.2. The van der Waals surface area contributed by atoms with E-state index >= 15 is 0 Å². The summed E-state index contributed by atoms with van der Waals surface area (Å²) < 4.78 is 11.3. The van der Waals surface area contributed by atoms with Gasteiger partial charge in [-0.15, -0.1) is 0 Å². The predicted molar refractivity (Wildman–Crippen MR) is 152 cm³/mol. The first kappa shape index (κ1) is 28.6. The van der Waals surface area contributed by atoms with E-state index in [9.17, 15) is 25.2 Å². The number of methoxy groups -OCH3 is 1. The van der Waals surface area contributed by atoms with E-state index in [2.05, 4.69) is 22.2 Å². The molecule has 3 aliphatic rings. The van der Waals surface area contributed by atoms with Gasteiger partial charge in [0.25, 0.3) is 0 Å². The molecule has 0 aromatic heterocycles. The molecule has 0 spiro atoms. The fraction of sp³-hybridized carbons (Fsp3) is 0.484. The van der Waals surface area contributed by atoms with Gasteiger partial charge in [-0.05, 0) is 55.7 Å². The lowest BCUT2D eigenvalue weighted by Gasteiger charge is -2.35. The van der Waals surface area contributed by atoms with Gasteiger partial charge in [0, 0.05) is 48.9 Å². The number of aliphatic hydroxyl groups is 2. The standard InChI is InChI=1S/C31H37N3O7/c1-40-28-24-4-2-3-19-13-18(6-9-23(36)16-22(35)8-5-17(24)7-10-26(28)37)25-15-20(30(39)41-29(25)27(19)38)14-21-11-12-33-31(32)34-21/h7,10,13,20-21,23,30,36-39H,3,5-6,8-9,11-12,14-16H2,1H3,(H3,32,33,34). The van der Waals surface area contributed by atoms with E-state index in [1.165, 1.54) is 13.2 Å². The van der Waals surface area contributed by atoms with Gasteiger partial charge in [-0.25, -0.2) is 0 Å². The van der Waals surface area contributed by atoms with Crippen LogP contribution in [0.5, 0.6) is 23.0 Å². The number of fused-ring (bicyclic) bond motifs is 5. The Bertz CT molecular complexity index is 1410. The number of aliphatic imine (C=N–C) groups is 1. The Labute approximate surface area is 239 Å². The van der Waals surface area contributed by atoms with Crippen molar-refractivity contribution in [2.75, 3.05) is 13.7 Å². The van der Waals surface area contributed by atoms with Gasteiger partial charge in [-0.3, -0.25) is 9.79 Å². The quantitative estimate of drug-likeness (QED) is 0.305. The van der Waals surface area contributed by atoms with Crippen molar-refractivity contribution in [1.29, 1.82) is 0 Å². The van der Waals surface area contributed by atoms with Crippen molar-refractivity contribution in [2.24, 2.45) is 16.6 Å². The number of ether oxygens (including phenoxy) is 2. The van der Waals surface area contributed by atoms with Crippen LogP contribution in [0, 0.1) is 17.8 Å². The molecule has 10 nitrogen and oxygen atoms in total. The number of rotatable bonds is 3. The summed E-state index contributed by atoms with van der Waals surface area (Å²) in [5.41, 5.74) is 9.26. The second-order valence-corrected chi connectivity index (χ2v) is 11.0. The van der Waals surface area contributed by atoms with Crippen LogP contribution in [0.4, 0.5) is 0 Å². The maximum absolute atomic E-state index is 12.7. The number of nitrogens with zero attached hydrogens (tertiary/aromatic N) is 1. The zero-order valence-corrected chi connectivity index (χ0v) is 23.2. The first-order chi connectivity index (χ1) is 19.7. The molecule has 7 N–H and O–H groups in total. The summed E-state index contributed by atoms with van der Waals surface area (Å²) in [4.78, 5) is 16.9. The molecule has 2 aromatic carbocycles. The van der Waals surface area contributed by atoms with Crippen LogP contribution < -0.4 is 20.5 Å². The minimum Gasteiger partial charge on any atom is -0.504 e. The molecule has 0 saturated carbocycles. The number of benzene rings is 2. The topological polar surface area (TPSA) is 167 Å². The lowest BCUT2D eigenvalue weighted by molar-refractivity contribution is -0.121. The number of nitrogens with two attached hydrogens (primary N) is 1. The van der Waals surface area contributed by atoms with Crippen molar-refractivity contribution in [2.45, 2.75) is 76.2 Å². The van der Waals surface area contributed by atoms with Crippen molar-refractivity contribution in [3.63, 3.8) is 0 Å². The van der Waals surface area contributed by atoms with Crippen LogP contribution in [0.3, 0.4) is 0 Å². The van der Waals surface area contributed by atoms with E-state index < -0.39 is 12.4 Å². The van der Waals surface area contributed by atoms with Gasteiger partial charge >= 0.3 is 0 Å². The summed E-state index contributed by atoms with van der Waals surface area (Å²) in [6.07, 6.45) is 1.54. The Hall–Kier alpha value is -3.94. The van der Waals surface area contributed by atoms with Crippen LogP contribution in [0.1, 0.15) is 59.9 Å². The van der Waals surface area contributed by atoms with E-state index in [4.69, 9.17) is 15.2 Å². The number of guanidine groups is 1. The number of carbonyl (C=O) groups is 1. The predicted octanol–water partition coefficient (Wildman–Crippen LogP) is 1.84. The Balaban J connectivity index is 1.50. The molecule has 218 valence electrons. The molecule has 4 unspecified atom stereocenters. The fourth-order valence-electron chi connectivity index (χ4n) is 5.95. The highest BCUT2D eigenvalue weighted by molar-refractivity contribution is 5.79. The van der Waals surface area contributed by atoms with Crippen LogP contribution in [0.2, 0.25) is 0 Å². The maximum atomic E-state index is 12.7. The van der Waals surface area contributed by atoms with Crippen LogP contribution >= 0.6 is 0 Å². The van der Waals surface area contributed by atoms with Gasteiger partial charge in [-0.2, -0.15) is 0 Å². The Kier molecular flexibility index (Phi) is 8.57. The summed E-state index contributed by atoms with van der Waals surface area (Å²) in [7, 11) is 1.44. The molecule has 4 atom stereocenters. The molecule has 0 saturated heterocycles. The van der Waals surface area contributed by atoms with Crippen LogP contribution in [0.15, 0.2) is 23.2 Å². The minimum atomic E-state index is -1.12. The number of phenolic OH excluding ortho intramolecular Hbond substituents is 2. The van der Waals surface area contributed by atoms with Gasteiger partial charge in [0.05, 0.1) is 18.8 Å². The summed E-state index contributed by atoms with van der Waals surface area (Å²) in [6, 6.07) is 5.15. The molecule has 2 bridgehead atoms. The molecule has 2 heterocycles. The summed E-state index contributed by atoms with van der Waals surface area (Å²) in [6.45, 7) is 0.618. The molecule has 1 aliphatic carbocycles. The molecular weight excluding hydrogens is 526 g/mol. The summed E-state index contributed by atoms with van der Waals surface area (Å²) >= 11 is 0. The highest BCUT2D eigenvalue weighted by atomic mass is 16.6. The highest BCUT2D eigenvalue weighted by Gasteiger charge is 2.35. The third kappa shape index (κ3) is 6.37. The highest BCUT2D eigenvalue weighted by Crippen LogP contribution is 2.44. The van der Waals surface area contributed by atoms with Gasteiger partial charge in [0.15, 0.2) is 29.0 Å². The van der Waals surface area contributed by atoms with E-state index in [0.717, 1.165) is 23.1 Å². The van der Waals surface area contributed by atoms with E-state index in [1.54, 1.807) is 6.07 Å². The first-order valence-corrected chi connectivity index (χ1v) is 14.1. The van der Waals surface area contributed by atoms with Gasteiger partial charge in [0.2, 0.25) is 6.29 Å². The number of aromatic hydroxyl groups is 2. The van der Waals surface area contributed by atoms with Gasteiger partial charge in [-0.1, -0.05) is 24.0 Å². The molecule has 41 heavy (non-hydrogen) atoms. The normalized spacial score (nSPS) is 24.6. The monoisotopic (exact) mass is 563 g/mol. The number of carbonyl (C=O) groups excluding carboxylic acids is 1. The second-order valence-electron chi connectivity index (χ2n) is 11.0. The first-order valence-electron chi connectivity index (χ1n) is 14.1. The number of phenols is 2. The third-order valence-electron chi connectivity index (χ3n) is 8.14. The molecule has 5 rings (SSSR count). The van der Waals surface area contributed by atoms with Crippen molar-refractivity contribution in [3.05, 3.63) is 46.0 Å². The van der Waals surface area contributed by atoms with E-state index in [-0.39, 0.29) is 60.0 Å². The molecule has 2 aliphatic heterocycles. The third-order valence-corrected chi connectivity index (χ3v) is 8.14. The largest absolute Gasteiger partial charge is 0.504 e. The Morgan fingerprint density at radius 2 is 1.95 bits per heavy atom. The number of hydrogen-bond acceptors (Lipinski definition) is 10. The van der Waals surface area contributed by atoms with Crippen molar-refractivity contribution < 1.29 is 34.7 Å². The minimum absolute atomic E-state index is 0.0253. The Morgan fingerprint density at radius 3 is 2.73 bits per heavy atom. The SMILES string of the molecule is COc1c(O)ccc2c1C#CCc1cc(c3c(c1O)OC(O)C(CC1CCN=C(N)N1)C3)CCC(O)CC(=O)CC2. The van der Waals surface area contributed by atoms with Crippen LogP contribution in [-0.4, -0.2) is 64.3 Å². The van der Waals surface area contributed by atoms with Crippen LogP contribution in [-0.2, 0) is 30.5 Å². The van der Waals surface area contributed by atoms with Crippen molar-refractivity contribution >= 4 is 11.7 Å². The van der Waals surface area contributed by atoms with Crippen molar-refractivity contribution in [3.8, 4) is 34.8 Å². The number of nitrogens with one attached hydrogen (secondary N) is 1. The van der Waals surface area contributed by atoms with E-state index in [0.29, 0.717) is 55.7 Å². The summed E-state index contributed by atoms with van der Waals surface area (Å²) in [5.74, 6) is 6.55. The smallest absolute Gasteiger partial charge is 0.200 e. The molecule has 0 radical (unpaired) electrons. The molecule has 2 aromatic rings. The van der Waals surface area contributed by atoms with Crippen LogP contribution in [0.25, 0.3) is 0 Å². The lowest BCUT2D eigenvalue weighted by atomic mass is 9.84. The summed E-state index contributed by atoms with van der Waals surface area (Å²) in [5, 5.41) is 46.4. The fourth-order valence-corrected chi connectivity index (χ4v) is 5.95. The average Bonchev–Trinajstić information content (AvgIpc) is 2.94. The van der Waals surface area contributed by atoms with Gasteiger partial charge < -0.3 is 41.0 Å². The number of aryl methyl sites for hydroxylation is 2. The average molecular weight is 564 g/mol. The number of ketones is 1. The second kappa shape index (κ2) is 12.3. The number of aliphatic hydroxyl groups excluding tert-OH is 2. The van der Waals surface area contributed by atoms with E-state index in [1.807, 2.05) is 6.07 Å². The number of hydrogen-bond donors (Lipinski definition) is 6. The van der Waals surface area contributed by atoms with Gasteiger partial charge in [0.1, 0.15) is 5.78 Å². The Morgan fingerprint density at radius 1 is 1.12 bits per heavy atom. The van der Waals surface area contributed by atoms with Crippen molar-refractivity contribution in [1.82, 2.24) is 5.32 Å². The molecule has 10 heteroatoms. The molecular formula is C31H37N3O7.